The molecule has 1 unspecified atom stereocenters. The highest BCUT2D eigenvalue weighted by molar-refractivity contribution is 7.15. The molecule has 4 heterocycles. The Kier molecular flexibility index (Phi) is 3.50. The maximum absolute atomic E-state index is 12.3. The van der Waals surface area contributed by atoms with Gasteiger partial charge in [0.25, 0.3) is 5.56 Å². The van der Waals surface area contributed by atoms with Crippen molar-refractivity contribution in [3.63, 3.8) is 0 Å². The van der Waals surface area contributed by atoms with Crippen LogP contribution in [-0.4, -0.2) is 31.0 Å². The van der Waals surface area contributed by atoms with Gasteiger partial charge >= 0.3 is 0 Å². The van der Waals surface area contributed by atoms with E-state index in [1.807, 2.05) is 12.3 Å². The predicted octanol–water partition coefficient (Wildman–Crippen LogP) is 2.09. The number of nitrogens with zero attached hydrogens (tertiary/aromatic N) is 5. The molecule has 0 aliphatic carbocycles. The van der Waals surface area contributed by atoms with Crippen LogP contribution in [-0.2, 0) is 6.54 Å². The highest BCUT2D eigenvalue weighted by atomic mass is 32.1. The summed E-state index contributed by atoms with van der Waals surface area (Å²) in [6.07, 6.45) is 2.08. The average molecular weight is 331 g/mol. The molecule has 0 aromatic carbocycles. The molecule has 23 heavy (non-hydrogen) atoms. The van der Waals surface area contributed by atoms with Crippen molar-refractivity contribution in [2.45, 2.75) is 39.3 Å². The summed E-state index contributed by atoms with van der Waals surface area (Å²) in [6.45, 7) is 5.29. The highest BCUT2D eigenvalue weighted by Crippen LogP contribution is 2.31. The summed E-state index contributed by atoms with van der Waals surface area (Å²) in [5.74, 6) is 1.31. The van der Waals surface area contributed by atoms with E-state index in [0.717, 1.165) is 41.6 Å². The zero-order valence-electron chi connectivity index (χ0n) is 13.0. The number of hydrogen-bond acceptors (Lipinski definition) is 7. The first kappa shape index (κ1) is 14.5. The summed E-state index contributed by atoms with van der Waals surface area (Å²) in [5.41, 5.74) is 1.70. The van der Waals surface area contributed by atoms with Crippen molar-refractivity contribution >= 4 is 16.3 Å². The van der Waals surface area contributed by atoms with E-state index < -0.39 is 0 Å². The molecule has 8 heteroatoms. The van der Waals surface area contributed by atoms with Crippen LogP contribution in [0, 0.1) is 13.8 Å². The Bertz CT molecular complexity index is 912. The molecule has 0 radical (unpaired) electrons. The van der Waals surface area contributed by atoms with Crippen molar-refractivity contribution in [2.75, 3.05) is 6.54 Å². The molecule has 0 saturated carbocycles. The van der Waals surface area contributed by atoms with Gasteiger partial charge in [0.05, 0.1) is 11.7 Å². The van der Waals surface area contributed by atoms with Crippen molar-refractivity contribution in [2.24, 2.45) is 0 Å². The van der Waals surface area contributed by atoms with Gasteiger partial charge in [0, 0.05) is 30.6 Å². The van der Waals surface area contributed by atoms with E-state index in [1.54, 1.807) is 17.4 Å². The third-order valence-electron chi connectivity index (χ3n) is 4.20. The van der Waals surface area contributed by atoms with Crippen LogP contribution in [0.25, 0.3) is 4.96 Å². The minimum atomic E-state index is -0.0186. The van der Waals surface area contributed by atoms with Crippen molar-refractivity contribution in [3.05, 3.63) is 44.9 Å². The van der Waals surface area contributed by atoms with Crippen LogP contribution in [0.3, 0.4) is 0 Å². The number of rotatable bonds is 3. The molecule has 1 aliphatic heterocycles. The van der Waals surface area contributed by atoms with Gasteiger partial charge in [0.15, 0.2) is 10.8 Å². The second-order valence-electron chi connectivity index (χ2n) is 5.88. The Morgan fingerprint density at radius 1 is 1.39 bits per heavy atom. The maximum atomic E-state index is 12.3. The third kappa shape index (κ3) is 2.57. The summed E-state index contributed by atoms with van der Waals surface area (Å²) in [4.78, 5) is 24.3. The van der Waals surface area contributed by atoms with Gasteiger partial charge in [0.2, 0.25) is 5.89 Å². The molecule has 1 aliphatic rings. The Morgan fingerprint density at radius 2 is 2.26 bits per heavy atom. The molecule has 0 amide bonds. The van der Waals surface area contributed by atoms with Crippen molar-refractivity contribution in [1.82, 2.24) is 24.4 Å². The molecule has 1 saturated heterocycles. The lowest BCUT2D eigenvalue weighted by Crippen LogP contribution is -2.25. The molecule has 1 atom stereocenters. The molecule has 3 aromatic heterocycles. The predicted molar refractivity (Wildman–Crippen MR) is 85.5 cm³/mol. The summed E-state index contributed by atoms with van der Waals surface area (Å²) in [7, 11) is 0. The summed E-state index contributed by atoms with van der Waals surface area (Å²) >= 11 is 1.49. The molecule has 4 rings (SSSR count). The second-order valence-corrected chi connectivity index (χ2v) is 6.72. The van der Waals surface area contributed by atoms with Gasteiger partial charge < -0.3 is 4.52 Å². The van der Waals surface area contributed by atoms with Gasteiger partial charge in [-0.05, 0) is 26.3 Å². The Hall–Kier alpha value is -2.06. The average Bonchev–Trinajstić information content (AvgIpc) is 3.20. The van der Waals surface area contributed by atoms with Crippen LogP contribution in [0.5, 0.6) is 0 Å². The molecular weight excluding hydrogens is 314 g/mol. The normalized spacial score (nSPS) is 19.0. The molecule has 0 bridgehead atoms. The molecule has 1 fully saturated rings. The van der Waals surface area contributed by atoms with Crippen LogP contribution in [0.15, 0.2) is 20.8 Å². The van der Waals surface area contributed by atoms with Crippen molar-refractivity contribution in [3.8, 4) is 0 Å². The van der Waals surface area contributed by atoms with Crippen LogP contribution in [0.2, 0.25) is 0 Å². The summed E-state index contributed by atoms with van der Waals surface area (Å²) in [6, 6.07) is 1.77. The lowest BCUT2D eigenvalue weighted by Gasteiger charge is -2.21. The standard InChI is InChI=1S/C15H17N5O2S/c1-9-8-23-15-17-11(6-13(21)20(9)15)7-19-5-3-4-12(19)14-16-10(2)22-18-14/h6,8,12H,3-5,7H2,1-2H3. The van der Waals surface area contributed by atoms with Gasteiger partial charge in [0.1, 0.15) is 0 Å². The van der Waals surface area contributed by atoms with Gasteiger partial charge in [-0.2, -0.15) is 4.98 Å². The monoisotopic (exact) mass is 331 g/mol. The minimum absolute atomic E-state index is 0.0186. The van der Waals surface area contributed by atoms with Gasteiger partial charge in [-0.3, -0.25) is 14.1 Å². The first-order valence-electron chi connectivity index (χ1n) is 7.63. The second kappa shape index (κ2) is 5.54. The number of likely N-dealkylation sites (tertiary alicyclic amines) is 1. The Morgan fingerprint density at radius 3 is 3.04 bits per heavy atom. The molecule has 120 valence electrons. The highest BCUT2D eigenvalue weighted by Gasteiger charge is 2.30. The fourth-order valence-electron chi connectivity index (χ4n) is 3.15. The molecular formula is C15H17N5O2S. The lowest BCUT2D eigenvalue weighted by molar-refractivity contribution is 0.231. The number of fused-ring (bicyclic) bond motifs is 1. The van der Waals surface area contributed by atoms with Gasteiger partial charge in [-0.25, -0.2) is 4.98 Å². The van der Waals surface area contributed by atoms with Crippen LogP contribution >= 0.6 is 11.3 Å². The summed E-state index contributed by atoms with van der Waals surface area (Å²) < 4.78 is 6.75. The maximum Gasteiger partial charge on any atom is 0.259 e. The van der Waals surface area contributed by atoms with Crippen molar-refractivity contribution in [1.29, 1.82) is 0 Å². The fourth-order valence-corrected chi connectivity index (χ4v) is 4.04. The molecule has 7 nitrogen and oxygen atoms in total. The number of aromatic nitrogens is 4. The van der Waals surface area contributed by atoms with E-state index in [4.69, 9.17) is 4.52 Å². The van der Waals surface area contributed by atoms with Gasteiger partial charge in [-0.15, -0.1) is 11.3 Å². The fraction of sp³-hybridized carbons (Fsp3) is 0.467. The first-order valence-corrected chi connectivity index (χ1v) is 8.51. The van der Waals surface area contributed by atoms with E-state index in [2.05, 4.69) is 20.0 Å². The zero-order chi connectivity index (χ0) is 16.0. The van der Waals surface area contributed by atoms with Crippen LogP contribution in [0.4, 0.5) is 0 Å². The van der Waals surface area contributed by atoms with E-state index in [1.165, 1.54) is 11.3 Å². The SMILES string of the molecule is Cc1nc(C2CCCN2Cc2cc(=O)n3c(C)csc3n2)no1. The van der Waals surface area contributed by atoms with E-state index in [-0.39, 0.29) is 11.6 Å². The Balaban J connectivity index is 1.63. The number of aryl methyl sites for hydroxylation is 2. The molecule has 0 spiro atoms. The largest absolute Gasteiger partial charge is 0.340 e. The quantitative estimate of drug-likeness (QED) is 0.731. The van der Waals surface area contributed by atoms with Crippen LogP contribution < -0.4 is 5.56 Å². The minimum Gasteiger partial charge on any atom is -0.340 e. The van der Waals surface area contributed by atoms with Crippen molar-refractivity contribution < 1.29 is 4.52 Å². The first-order chi connectivity index (χ1) is 11.1. The summed E-state index contributed by atoms with van der Waals surface area (Å²) in [5, 5.41) is 6.00. The van der Waals surface area contributed by atoms with E-state index in [9.17, 15) is 4.79 Å². The van der Waals surface area contributed by atoms with Gasteiger partial charge in [-0.1, -0.05) is 5.16 Å². The van der Waals surface area contributed by atoms with Crippen LogP contribution in [0.1, 0.15) is 42.0 Å². The van der Waals surface area contributed by atoms with E-state index in [0.29, 0.717) is 12.4 Å². The molecule has 3 aromatic rings. The Labute approximate surface area is 136 Å². The third-order valence-corrected chi connectivity index (χ3v) is 5.14. The number of hydrogen-bond donors (Lipinski definition) is 0. The topological polar surface area (TPSA) is 76.5 Å². The van der Waals surface area contributed by atoms with E-state index >= 15 is 0 Å². The smallest absolute Gasteiger partial charge is 0.259 e. The zero-order valence-corrected chi connectivity index (χ0v) is 13.8. The lowest BCUT2D eigenvalue weighted by atomic mass is 10.2. The molecule has 0 N–H and O–H groups in total. The number of thiazole rings is 1.